The lowest BCUT2D eigenvalue weighted by atomic mass is 10.1. The molecule has 0 amide bonds. The number of alkyl halides is 6. The first-order chi connectivity index (χ1) is 17.7. The second-order valence-electron chi connectivity index (χ2n) is 8.18. The number of rotatable bonds is 6. The number of halogens is 6. The topological polar surface area (TPSA) is 110 Å². The first-order valence-electron chi connectivity index (χ1n) is 10.8. The molecule has 202 valence electrons. The molecular formula is C23H17F6N3O5S. The van der Waals surface area contributed by atoms with Gasteiger partial charge in [0.15, 0.2) is 5.82 Å². The van der Waals surface area contributed by atoms with E-state index in [-0.39, 0.29) is 35.7 Å². The minimum Gasteiger partial charge on any atom is -0.486 e. The van der Waals surface area contributed by atoms with Gasteiger partial charge in [-0.3, -0.25) is 9.10 Å². The first-order valence-corrected chi connectivity index (χ1v) is 12.2. The summed E-state index contributed by atoms with van der Waals surface area (Å²) in [4.78, 5) is 17.6. The molecule has 1 aromatic heterocycles. The first kappa shape index (κ1) is 27.2. The summed E-state index contributed by atoms with van der Waals surface area (Å²) in [5.74, 6) is -1.63. The zero-order valence-electron chi connectivity index (χ0n) is 19.0. The van der Waals surface area contributed by atoms with E-state index in [1.165, 1.54) is 12.1 Å². The Morgan fingerprint density at radius 1 is 1.05 bits per heavy atom. The molecule has 0 unspecified atom stereocenters. The smallest absolute Gasteiger partial charge is 0.433 e. The van der Waals surface area contributed by atoms with Crippen LogP contribution in [0.3, 0.4) is 0 Å². The normalized spacial score (nSPS) is 16.1. The Morgan fingerprint density at radius 2 is 1.79 bits per heavy atom. The largest absolute Gasteiger partial charge is 0.486 e. The summed E-state index contributed by atoms with van der Waals surface area (Å²) in [7, 11) is -4.67. The number of carbonyl (C=O) groups is 1. The maximum Gasteiger partial charge on any atom is 0.433 e. The van der Waals surface area contributed by atoms with Crippen molar-refractivity contribution in [3.8, 4) is 17.1 Å². The number of anilines is 1. The summed E-state index contributed by atoms with van der Waals surface area (Å²) in [6.07, 6.45) is -10.2. The quantitative estimate of drug-likeness (QED) is 0.422. The number of hydrogen-bond acceptors (Lipinski definition) is 6. The van der Waals surface area contributed by atoms with Gasteiger partial charge in [-0.2, -0.15) is 26.3 Å². The number of carboxylic acid groups (broad SMARTS) is 1. The van der Waals surface area contributed by atoms with Crippen molar-refractivity contribution in [2.75, 3.05) is 10.8 Å². The van der Waals surface area contributed by atoms with Crippen molar-refractivity contribution in [1.82, 2.24) is 9.97 Å². The van der Waals surface area contributed by atoms with Crippen LogP contribution in [0.1, 0.15) is 24.1 Å². The highest BCUT2D eigenvalue weighted by atomic mass is 32.2. The Kier molecular flexibility index (Phi) is 6.99. The highest BCUT2D eigenvalue weighted by molar-refractivity contribution is 7.92. The maximum atomic E-state index is 13.6. The minimum atomic E-state index is -4.83. The number of ether oxygens (including phenoxy) is 1. The summed E-state index contributed by atoms with van der Waals surface area (Å²) in [5.41, 5.74) is -2.65. The van der Waals surface area contributed by atoms with E-state index >= 15 is 0 Å². The van der Waals surface area contributed by atoms with Gasteiger partial charge < -0.3 is 9.84 Å². The standard InChI is InChI=1S/C23H17F6N3O5S/c24-22(25,26)14-2-1-3-16(11-14)38(35,36)32-12-15(5-7-20(33)34)37-18-6-4-13(10-17(18)32)21-30-9-8-19(31-21)23(27,28)29/h1-4,6,8-11,15H,5,7,12H2,(H,33,34)/t15-/m0/s1. The fraction of sp³-hybridized carbons (Fsp3) is 0.261. The Labute approximate surface area is 211 Å². The van der Waals surface area contributed by atoms with Crippen LogP contribution in [-0.4, -0.2) is 42.1 Å². The van der Waals surface area contributed by atoms with Crippen LogP contribution < -0.4 is 9.04 Å². The van der Waals surface area contributed by atoms with Crippen molar-refractivity contribution in [3.05, 3.63) is 66.0 Å². The lowest BCUT2D eigenvalue weighted by Gasteiger charge is -2.35. The number of benzene rings is 2. The predicted molar refractivity (Wildman–Crippen MR) is 120 cm³/mol. The molecule has 1 N–H and O–H groups in total. The number of fused-ring (bicyclic) bond motifs is 1. The zero-order chi connectivity index (χ0) is 27.9. The van der Waals surface area contributed by atoms with Crippen LogP contribution in [0.2, 0.25) is 0 Å². The fourth-order valence-electron chi connectivity index (χ4n) is 3.73. The van der Waals surface area contributed by atoms with Crippen molar-refractivity contribution in [2.45, 2.75) is 36.2 Å². The van der Waals surface area contributed by atoms with E-state index in [1.54, 1.807) is 0 Å². The van der Waals surface area contributed by atoms with Gasteiger partial charge in [-0.25, -0.2) is 18.4 Å². The van der Waals surface area contributed by atoms with Crippen LogP contribution in [0.15, 0.2) is 59.6 Å². The van der Waals surface area contributed by atoms with Crippen molar-refractivity contribution >= 4 is 21.7 Å². The van der Waals surface area contributed by atoms with Crippen molar-refractivity contribution in [3.63, 3.8) is 0 Å². The summed E-state index contributed by atoms with van der Waals surface area (Å²) in [6, 6.07) is 7.36. The number of hydrogen-bond donors (Lipinski definition) is 1. The van der Waals surface area contributed by atoms with Crippen LogP contribution in [0.4, 0.5) is 32.0 Å². The number of sulfonamides is 1. The summed E-state index contributed by atoms with van der Waals surface area (Å²) in [6.45, 7) is -0.467. The van der Waals surface area contributed by atoms with Crippen LogP contribution in [-0.2, 0) is 27.2 Å². The number of aromatic nitrogens is 2. The Morgan fingerprint density at radius 3 is 2.45 bits per heavy atom. The lowest BCUT2D eigenvalue weighted by molar-refractivity contribution is -0.141. The fourth-order valence-corrected chi connectivity index (χ4v) is 5.27. The van der Waals surface area contributed by atoms with Crippen LogP contribution >= 0.6 is 0 Å². The van der Waals surface area contributed by atoms with E-state index in [0.717, 1.165) is 28.7 Å². The lowest BCUT2D eigenvalue weighted by Crippen LogP contribution is -2.43. The highest BCUT2D eigenvalue weighted by Crippen LogP contribution is 2.41. The van der Waals surface area contributed by atoms with Crippen LogP contribution in [0, 0.1) is 0 Å². The van der Waals surface area contributed by atoms with Gasteiger partial charge in [0.2, 0.25) is 0 Å². The average Bonchev–Trinajstić information content (AvgIpc) is 2.85. The zero-order valence-corrected chi connectivity index (χ0v) is 19.8. The average molecular weight is 561 g/mol. The van der Waals surface area contributed by atoms with Gasteiger partial charge in [0.25, 0.3) is 10.0 Å². The Bertz CT molecular complexity index is 1480. The summed E-state index contributed by atoms with van der Waals surface area (Å²) in [5, 5.41) is 9.00. The molecule has 3 aromatic rings. The van der Waals surface area contributed by atoms with E-state index in [0.29, 0.717) is 18.2 Å². The summed E-state index contributed by atoms with van der Waals surface area (Å²) >= 11 is 0. The second-order valence-corrected chi connectivity index (χ2v) is 10.0. The molecule has 8 nitrogen and oxygen atoms in total. The maximum absolute atomic E-state index is 13.6. The van der Waals surface area contributed by atoms with E-state index in [2.05, 4.69) is 9.97 Å². The summed E-state index contributed by atoms with van der Waals surface area (Å²) < 4.78 is 113. The molecule has 0 aliphatic carbocycles. The Hall–Kier alpha value is -3.88. The molecule has 4 rings (SSSR count). The van der Waals surface area contributed by atoms with Crippen molar-refractivity contribution < 1.29 is 49.4 Å². The molecule has 1 aliphatic heterocycles. The molecule has 0 radical (unpaired) electrons. The van der Waals surface area contributed by atoms with Gasteiger partial charge in [-0.15, -0.1) is 0 Å². The third-order valence-electron chi connectivity index (χ3n) is 5.52. The predicted octanol–water partition coefficient (Wildman–Crippen LogP) is 5.00. The molecule has 0 bridgehead atoms. The van der Waals surface area contributed by atoms with Crippen LogP contribution in [0.25, 0.3) is 11.4 Å². The third kappa shape index (κ3) is 5.66. The van der Waals surface area contributed by atoms with E-state index in [4.69, 9.17) is 9.84 Å². The molecule has 0 spiro atoms. The number of aliphatic carboxylic acids is 1. The number of nitrogens with zero attached hydrogens (tertiary/aromatic N) is 3. The van der Waals surface area contributed by atoms with Gasteiger partial charge in [-0.1, -0.05) is 6.07 Å². The van der Waals surface area contributed by atoms with Gasteiger partial charge in [-0.05, 0) is 48.9 Å². The molecule has 1 aliphatic rings. The minimum absolute atomic E-state index is 0.0216. The molecule has 0 fully saturated rings. The van der Waals surface area contributed by atoms with Crippen LogP contribution in [0.5, 0.6) is 5.75 Å². The monoisotopic (exact) mass is 561 g/mol. The van der Waals surface area contributed by atoms with E-state index in [1.807, 2.05) is 0 Å². The SMILES string of the molecule is O=C(O)CC[C@H]1CN(S(=O)(=O)c2cccc(C(F)(F)F)c2)c2cc(-c3nccc(C(F)(F)F)n3)ccc2O1. The number of carboxylic acids is 1. The third-order valence-corrected chi connectivity index (χ3v) is 7.30. The van der Waals surface area contributed by atoms with Gasteiger partial charge in [0.1, 0.15) is 17.5 Å². The Balaban J connectivity index is 1.82. The van der Waals surface area contributed by atoms with E-state index < -0.39 is 57.1 Å². The second kappa shape index (κ2) is 9.78. The molecular weight excluding hydrogens is 544 g/mol. The van der Waals surface area contributed by atoms with Gasteiger partial charge in [0.05, 0.1) is 22.7 Å². The van der Waals surface area contributed by atoms with E-state index in [9.17, 15) is 39.6 Å². The molecule has 38 heavy (non-hydrogen) atoms. The van der Waals surface area contributed by atoms with Gasteiger partial charge in [0, 0.05) is 18.2 Å². The highest BCUT2D eigenvalue weighted by Gasteiger charge is 2.38. The molecule has 15 heteroatoms. The van der Waals surface area contributed by atoms with Crippen molar-refractivity contribution in [1.29, 1.82) is 0 Å². The molecule has 2 heterocycles. The van der Waals surface area contributed by atoms with Crippen molar-refractivity contribution in [2.24, 2.45) is 0 Å². The molecule has 0 saturated carbocycles. The molecule has 2 aromatic carbocycles. The molecule has 0 saturated heterocycles. The van der Waals surface area contributed by atoms with Gasteiger partial charge >= 0.3 is 18.3 Å². The molecule has 1 atom stereocenters.